The van der Waals surface area contributed by atoms with Crippen LogP contribution < -0.4 is 10.1 Å². The Morgan fingerprint density at radius 2 is 1.82 bits per heavy atom. The summed E-state index contributed by atoms with van der Waals surface area (Å²) in [6.07, 6.45) is 2.12. The van der Waals surface area contributed by atoms with Crippen LogP contribution in [0.1, 0.15) is 44.7 Å². The summed E-state index contributed by atoms with van der Waals surface area (Å²) in [6.45, 7) is 11.0. The number of hydrogen-bond acceptors (Lipinski definition) is 3. The smallest absolute Gasteiger partial charge is 0.256 e. The molecule has 0 bridgehead atoms. The first-order chi connectivity index (χ1) is 10.4. The van der Waals surface area contributed by atoms with Gasteiger partial charge in [-0.2, -0.15) is 0 Å². The van der Waals surface area contributed by atoms with Gasteiger partial charge in [0.1, 0.15) is 11.4 Å². The lowest BCUT2D eigenvalue weighted by atomic mass is 9.98. The van der Waals surface area contributed by atoms with Gasteiger partial charge in [0.15, 0.2) is 0 Å². The molecule has 2 rings (SSSR count). The summed E-state index contributed by atoms with van der Waals surface area (Å²) < 4.78 is 11.4. The number of carbonyl (C=O) groups excluding carboxylic acids is 1. The number of nitrogens with one attached hydrogen (secondary N) is 1. The van der Waals surface area contributed by atoms with E-state index in [2.05, 4.69) is 5.32 Å². The van der Waals surface area contributed by atoms with Crippen LogP contribution >= 0.6 is 0 Å². The average Bonchev–Trinajstić information content (AvgIpc) is 3.27. The fraction of sp³-hybridized carbons (Fsp3) is 0.611. The van der Waals surface area contributed by atoms with Gasteiger partial charge in [-0.1, -0.05) is 0 Å². The third kappa shape index (κ3) is 3.43. The monoisotopic (exact) mass is 305 g/mol. The summed E-state index contributed by atoms with van der Waals surface area (Å²) in [7, 11) is 0. The van der Waals surface area contributed by atoms with Crippen molar-refractivity contribution in [2.75, 3.05) is 18.5 Å². The van der Waals surface area contributed by atoms with Crippen molar-refractivity contribution in [2.24, 2.45) is 5.92 Å². The third-order valence-corrected chi connectivity index (χ3v) is 4.26. The van der Waals surface area contributed by atoms with Crippen molar-refractivity contribution in [3.63, 3.8) is 0 Å². The highest BCUT2D eigenvalue weighted by molar-refractivity contribution is 5.97. The zero-order valence-corrected chi connectivity index (χ0v) is 14.3. The molecule has 1 aromatic rings. The highest BCUT2D eigenvalue weighted by atomic mass is 16.5. The quantitative estimate of drug-likeness (QED) is 0.832. The van der Waals surface area contributed by atoms with E-state index in [9.17, 15) is 4.79 Å². The van der Waals surface area contributed by atoms with Gasteiger partial charge in [0, 0.05) is 12.3 Å². The second kappa shape index (κ2) is 6.69. The van der Waals surface area contributed by atoms with Crippen molar-refractivity contribution in [3.8, 4) is 5.75 Å². The SMILES string of the molecule is CCOc1c(C)cc(NC(=O)[C@](C)(OCC)C2CC2)cc1C. The predicted molar refractivity (Wildman–Crippen MR) is 88.5 cm³/mol. The molecule has 1 aromatic carbocycles. The van der Waals surface area contributed by atoms with Gasteiger partial charge in [0.05, 0.1) is 6.61 Å². The molecule has 122 valence electrons. The Hall–Kier alpha value is -1.55. The molecule has 0 heterocycles. The van der Waals surface area contributed by atoms with Crippen LogP contribution in [-0.4, -0.2) is 24.7 Å². The summed E-state index contributed by atoms with van der Waals surface area (Å²) in [5.41, 5.74) is 2.13. The highest BCUT2D eigenvalue weighted by Crippen LogP contribution is 2.42. The molecule has 0 aliphatic heterocycles. The molecule has 1 aliphatic rings. The molecule has 4 heteroatoms. The van der Waals surface area contributed by atoms with Gasteiger partial charge >= 0.3 is 0 Å². The van der Waals surface area contributed by atoms with Gasteiger partial charge in [-0.05, 0) is 76.6 Å². The van der Waals surface area contributed by atoms with Gasteiger partial charge in [0.25, 0.3) is 5.91 Å². The van der Waals surface area contributed by atoms with Crippen LogP contribution in [0.4, 0.5) is 5.69 Å². The molecule has 0 spiro atoms. The summed E-state index contributed by atoms with van der Waals surface area (Å²) in [4.78, 5) is 12.7. The van der Waals surface area contributed by atoms with Crippen molar-refractivity contribution in [3.05, 3.63) is 23.3 Å². The molecule has 1 fully saturated rings. The molecule has 1 saturated carbocycles. The Balaban J connectivity index is 2.17. The molecule has 1 N–H and O–H groups in total. The van der Waals surface area contributed by atoms with E-state index in [1.807, 2.05) is 46.8 Å². The molecule has 1 aliphatic carbocycles. The minimum absolute atomic E-state index is 0.0557. The molecule has 0 unspecified atom stereocenters. The number of hydrogen-bond donors (Lipinski definition) is 1. The Bertz CT molecular complexity index is 528. The van der Waals surface area contributed by atoms with E-state index >= 15 is 0 Å². The molecule has 22 heavy (non-hydrogen) atoms. The number of anilines is 1. The van der Waals surface area contributed by atoms with Gasteiger partial charge in [-0.25, -0.2) is 0 Å². The fourth-order valence-electron chi connectivity index (χ4n) is 2.95. The minimum atomic E-state index is -0.727. The number of carbonyl (C=O) groups is 1. The van der Waals surface area contributed by atoms with Crippen LogP contribution in [0.3, 0.4) is 0 Å². The van der Waals surface area contributed by atoms with E-state index in [4.69, 9.17) is 9.47 Å². The molecule has 0 radical (unpaired) electrons. The Morgan fingerprint density at radius 3 is 2.27 bits per heavy atom. The Morgan fingerprint density at radius 1 is 1.23 bits per heavy atom. The van der Waals surface area contributed by atoms with Crippen LogP contribution in [0.25, 0.3) is 0 Å². The molecular formula is C18H27NO3. The zero-order chi connectivity index (χ0) is 16.3. The van der Waals surface area contributed by atoms with Gasteiger partial charge in [-0.3, -0.25) is 4.79 Å². The van der Waals surface area contributed by atoms with E-state index in [0.717, 1.165) is 35.4 Å². The van der Waals surface area contributed by atoms with E-state index in [0.29, 0.717) is 19.1 Å². The standard InChI is InChI=1S/C18H27NO3/c1-6-21-16-12(3)10-15(11-13(16)4)19-17(20)18(5,22-7-2)14-8-9-14/h10-11,14H,6-9H2,1-5H3,(H,19,20)/t18-/m1/s1. The number of rotatable bonds is 7. The van der Waals surface area contributed by atoms with Crippen LogP contribution in [0, 0.1) is 19.8 Å². The second-order valence-corrected chi connectivity index (χ2v) is 6.14. The Labute approximate surface area is 133 Å². The maximum absolute atomic E-state index is 12.7. The topological polar surface area (TPSA) is 47.6 Å². The number of aryl methyl sites for hydroxylation is 2. The zero-order valence-electron chi connectivity index (χ0n) is 14.3. The summed E-state index contributed by atoms with van der Waals surface area (Å²) in [5, 5.41) is 3.02. The number of ether oxygens (including phenoxy) is 2. The largest absolute Gasteiger partial charge is 0.493 e. The van der Waals surface area contributed by atoms with Crippen molar-refractivity contribution in [1.82, 2.24) is 0 Å². The van der Waals surface area contributed by atoms with Crippen molar-refractivity contribution in [2.45, 2.75) is 53.1 Å². The summed E-state index contributed by atoms with van der Waals surface area (Å²) in [5.74, 6) is 1.17. The molecule has 1 amide bonds. The van der Waals surface area contributed by atoms with E-state index in [-0.39, 0.29) is 5.91 Å². The molecule has 1 atom stereocenters. The van der Waals surface area contributed by atoms with Crippen molar-refractivity contribution < 1.29 is 14.3 Å². The average molecular weight is 305 g/mol. The van der Waals surface area contributed by atoms with Crippen molar-refractivity contribution in [1.29, 1.82) is 0 Å². The predicted octanol–water partition coefficient (Wildman–Crippen LogP) is 3.85. The lowest BCUT2D eigenvalue weighted by Crippen LogP contribution is -2.44. The van der Waals surface area contributed by atoms with Crippen LogP contribution in [0.2, 0.25) is 0 Å². The molecule has 0 aromatic heterocycles. The molecular weight excluding hydrogens is 278 g/mol. The lowest BCUT2D eigenvalue weighted by Gasteiger charge is -2.28. The van der Waals surface area contributed by atoms with Crippen LogP contribution in [0.15, 0.2) is 12.1 Å². The van der Waals surface area contributed by atoms with Gasteiger partial charge in [0.2, 0.25) is 0 Å². The maximum Gasteiger partial charge on any atom is 0.256 e. The lowest BCUT2D eigenvalue weighted by molar-refractivity contribution is -0.141. The van der Waals surface area contributed by atoms with E-state index in [1.54, 1.807) is 0 Å². The minimum Gasteiger partial charge on any atom is -0.493 e. The molecule has 0 saturated heterocycles. The van der Waals surface area contributed by atoms with Gasteiger partial charge < -0.3 is 14.8 Å². The molecule has 4 nitrogen and oxygen atoms in total. The first-order valence-corrected chi connectivity index (χ1v) is 8.11. The fourth-order valence-corrected chi connectivity index (χ4v) is 2.95. The van der Waals surface area contributed by atoms with Gasteiger partial charge in [-0.15, -0.1) is 0 Å². The second-order valence-electron chi connectivity index (χ2n) is 6.14. The summed E-state index contributed by atoms with van der Waals surface area (Å²) >= 11 is 0. The highest BCUT2D eigenvalue weighted by Gasteiger charge is 2.48. The normalized spacial score (nSPS) is 17.0. The third-order valence-electron chi connectivity index (χ3n) is 4.26. The van der Waals surface area contributed by atoms with E-state index < -0.39 is 5.60 Å². The number of benzene rings is 1. The van der Waals surface area contributed by atoms with E-state index in [1.165, 1.54) is 0 Å². The Kier molecular flexibility index (Phi) is 5.12. The number of amides is 1. The first-order valence-electron chi connectivity index (χ1n) is 8.11. The maximum atomic E-state index is 12.7. The first kappa shape index (κ1) is 16.8. The van der Waals surface area contributed by atoms with Crippen LogP contribution in [-0.2, 0) is 9.53 Å². The summed E-state index contributed by atoms with van der Waals surface area (Å²) in [6, 6.07) is 3.91. The van der Waals surface area contributed by atoms with Crippen molar-refractivity contribution >= 4 is 11.6 Å². The van der Waals surface area contributed by atoms with Crippen LogP contribution in [0.5, 0.6) is 5.75 Å².